The number of ether oxygens (including phenoxy) is 1. The molecule has 0 radical (unpaired) electrons. The first-order valence-electron chi connectivity index (χ1n) is 7.90. The van der Waals surface area contributed by atoms with Gasteiger partial charge in [-0.05, 0) is 38.0 Å². The second-order valence-electron chi connectivity index (χ2n) is 5.90. The molecule has 0 unspecified atom stereocenters. The van der Waals surface area contributed by atoms with Gasteiger partial charge in [-0.15, -0.1) is 0 Å². The van der Waals surface area contributed by atoms with E-state index in [0.29, 0.717) is 23.9 Å². The van der Waals surface area contributed by atoms with Crippen molar-refractivity contribution in [2.24, 2.45) is 5.92 Å². The third kappa shape index (κ3) is 4.19. The number of hydrogen-bond acceptors (Lipinski definition) is 6. The van der Waals surface area contributed by atoms with Gasteiger partial charge in [-0.1, -0.05) is 13.8 Å². The molecule has 21 heavy (non-hydrogen) atoms. The van der Waals surface area contributed by atoms with Crippen molar-refractivity contribution in [3.8, 4) is 6.01 Å². The molecule has 0 aliphatic heterocycles. The van der Waals surface area contributed by atoms with Crippen molar-refractivity contribution in [3.05, 3.63) is 0 Å². The molecule has 0 bridgehead atoms. The molecule has 2 rings (SSSR count). The zero-order valence-electron chi connectivity index (χ0n) is 13.6. The minimum absolute atomic E-state index is 0.370. The van der Waals surface area contributed by atoms with Crippen molar-refractivity contribution in [3.63, 3.8) is 0 Å². The second-order valence-corrected chi connectivity index (χ2v) is 5.90. The number of rotatable bonds is 6. The van der Waals surface area contributed by atoms with Crippen LogP contribution in [0, 0.1) is 5.92 Å². The van der Waals surface area contributed by atoms with Crippen molar-refractivity contribution in [2.45, 2.75) is 52.0 Å². The quantitative estimate of drug-likeness (QED) is 0.870. The largest absolute Gasteiger partial charge is 0.467 e. The molecule has 1 aliphatic carbocycles. The van der Waals surface area contributed by atoms with Crippen LogP contribution < -0.4 is 15.0 Å². The molecule has 6 nitrogen and oxygen atoms in total. The van der Waals surface area contributed by atoms with Crippen LogP contribution >= 0.6 is 0 Å². The summed E-state index contributed by atoms with van der Waals surface area (Å²) >= 11 is 0. The first-order valence-corrected chi connectivity index (χ1v) is 7.90. The lowest BCUT2D eigenvalue weighted by atomic mass is 9.87. The van der Waals surface area contributed by atoms with Crippen molar-refractivity contribution >= 4 is 11.9 Å². The third-order valence-corrected chi connectivity index (χ3v) is 4.17. The van der Waals surface area contributed by atoms with Crippen molar-refractivity contribution < 1.29 is 4.74 Å². The highest BCUT2D eigenvalue weighted by atomic mass is 16.5. The Labute approximate surface area is 127 Å². The van der Waals surface area contributed by atoms with Gasteiger partial charge in [-0.2, -0.15) is 15.0 Å². The van der Waals surface area contributed by atoms with Crippen LogP contribution in [0.4, 0.5) is 11.9 Å². The Bertz CT molecular complexity index is 446. The van der Waals surface area contributed by atoms with E-state index in [2.05, 4.69) is 46.1 Å². The number of hydrogen-bond donors (Lipinski definition) is 1. The van der Waals surface area contributed by atoms with E-state index in [1.54, 1.807) is 7.11 Å². The molecule has 0 atom stereocenters. The Kier molecular flexibility index (Phi) is 5.59. The molecule has 1 aromatic heterocycles. The van der Waals surface area contributed by atoms with E-state index in [4.69, 9.17) is 4.74 Å². The van der Waals surface area contributed by atoms with E-state index in [0.717, 1.165) is 18.9 Å². The molecule has 1 aromatic rings. The molecule has 6 heteroatoms. The predicted octanol–water partition coefficient (Wildman–Crippen LogP) is 2.72. The van der Waals surface area contributed by atoms with Crippen LogP contribution in [0.25, 0.3) is 0 Å². The molecular weight excluding hydrogens is 266 g/mol. The van der Waals surface area contributed by atoms with Gasteiger partial charge in [0.25, 0.3) is 0 Å². The molecule has 0 aromatic carbocycles. The maximum Gasteiger partial charge on any atom is 0.322 e. The molecule has 0 amide bonds. The molecule has 118 valence electrons. The highest BCUT2D eigenvalue weighted by Gasteiger charge is 2.24. The van der Waals surface area contributed by atoms with Gasteiger partial charge in [0.1, 0.15) is 0 Å². The lowest BCUT2D eigenvalue weighted by Gasteiger charge is -2.33. The first kappa shape index (κ1) is 15.8. The van der Waals surface area contributed by atoms with Gasteiger partial charge >= 0.3 is 6.01 Å². The number of aromatic nitrogens is 3. The smallest absolute Gasteiger partial charge is 0.322 e. The van der Waals surface area contributed by atoms with Gasteiger partial charge in [-0.3, -0.25) is 0 Å². The average molecular weight is 293 g/mol. The Morgan fingerprint density at radius 3 is 2.52 bits per heavy atom. The highest BCUT2D eigenvalue weighted by Crippen LogP contribution is 2.28. The van der Waals surface area contributed by atoms with E-state index in [-0.39, 0.29) is 0 Å². The number of nitrogens with zero attached hydrogens (tertiary/aromatic N) is 4. The fraction of sp³-hybridized carbons (Fsp3) is 0.800. The summed E-state index contributed by atoms with van der Waals surface area (Å²) in [7, 11) is 3.66. The Morgan fingerprint density at radius 1 is 1.19 bits per heavy atom. The normalized spacial score (nSPS) is 21.9. The molecule has 1 aliphatic rings. The van der Waals surface area contributed by atoms with Crippen LogP contribution in [0.2, 0.25) is 0 Å². The number of nitrogens with one attached hydrogen (secondary N) is 1. The zero-order valence-corrected chi connectivity index (χ0v) is 13.6. The summed E-state index contributed by atoms with van der Waals surface area (Å²) in [5, 5.41) is 3.21. The Balaban J connectivity index is 2.13. The van der Waals surface area contributed by atoms with Crippen molar-refractivity contribution in [2.75, 3.05) is 30.9 Å². The monoisotopic (exact) mass is 293 g/mol. The first-order chi connectivity index (χ1) is 10.1. The summed E-state index contributed by atoms with van der Waals surface area (Å²) in [5.74, 6) is 2.12. The van der Waals surface area contributed by atoms with E-state index in [9.17, 15) is 0 Å². The van der Waals surface area contributed by atoms with Crippen LogP contribution in [0.3, 0.4) is 0 Å². The minimum Gasteiger partial charge on any atom is -0.467 e. The van der Waals surface area contributed by atoms with Crippen molar-refractivity contribution in [1.29, 1.82) is 0 Å². The van der Waals surface area contributed by atoms with E-state index in [1.807, 2.05) is 0 Å². The SMILES string of the molecule is CCCNc1nc(OC)nc(N(C)C2CCC(C)CC2)n1. The topological polar surface area (TPSA) is 63.2 Å². The summed E-state index contributed by atoms with van der Waals surface area (Å²) in [6.07, 6.45) is 5.97. The highest BCUT2D eigenvalue weighted by molar-refractivity contribution is 5.38. The second kappa shape index (κ2) is 7.43. The molecule has 1 heterocycles. The molecule has 1 saturated carbocycles. The van der Waals surface area contributed by atoms with Crippen molar-refractivity contribution in [1.82, 2.24) is 15.0 Å². The molecule has 1 N–H and O–H groups in total. The van der Waals surface area contributed by atoms with Crippen LogP contribution in [-0.2, 0) is 0 Å². The molecule has 0 spiro atoms. The molecular formula is C15H27N5O. The van der Waals surface area contributed by atoms with E-state index >= 15 is 0 Å². The lowest BCUT2D eigenvalue weighted by Crippen LogP contribution is -2.36. The summed E-state index contributed by atoms with van der Waals surface area (Å²) in [6, 6.07) is 0.877. The third-order valence-electron chi connectivity index (χ3n) is 4.17. The number of methoxy groups -OCH3 is 1. The summed E-state index contributed by atoms with van der Waals surface area (Å²) in [5.41, 5.74) is 0. The Hall–Kier alpha value is -1.59. The molecule has 1 fully saturated rings. The fourth-order valence-electron chi connectivity index (χ4n) is 2.70. The van der Waals surface area contributed by atoms with Crippen LogP contribution in [0.1, 0.15) is 46.0 Å². The summed E-state index contributed by atoms with van der Waals surface area (Å²) in [6.45, 7) is 5.29. The van der Waals surface area contributed by atoms with Gasteiger partial charge in [-0.25, -0.2) is 0 Å². The molecule has 0 saturated heterocycles. The number of anilines is 2. The van der Waals surface area contributed by atoms with Gasteiger partial charge in [0.05, 0.1) is 7.11 Å². The zero-order chi connectivity index (χ0) is 15.2. The van der Waals surface area contributed by atoms with Crippen LogP contribution in [0.5, 0.6) is 6.01 Å². The maximum absolute atomic E-state index is 5.20. The van der Waals surface area contributed by atoms with Gasteiger partial charge in [0.2, 0.25) is 11.9 Å². The van der Waals surface area contributed by atoms with Crippen LogP contribution in [0.15, 0.2) is 0 Å². The van der Waals surface area contributed by atoms with E-state index < -0.39 is 0 Å². The Morgan fingerprint density at radius 2 is 1.90 bits per heavy atom. The van der Waals surface area contributed by atoms with Gasteiger partial charge in [0, 0.05) is 19.6 Å². The summed E-state index contributed by atoms with van der Waals surface area (Å²) < 4.78 is 5.20. The fourth-order valence-corrected chi connectivity index (χ4v) is 2.70. The maximum atomic E-state index is 5.20. The minimum atomic E-state index is 0.370. The average Bonchev–Trinajstić information content (AvgIpc) is 2.52. The van der Waals surface area contributed by atoms with Crippen LogP contribution in [-0.4, -0.2) is 41.7 Å². The predicted molar refractivity (Wildman–Crippen MR) is 85.0 cm³/mol. The van der Waals surface area contributed by atoms with Gasteiger partial charge < -0.3 is 15.0 Å². The summed E-state index contributed by atoms with van der Waals surface area (Å²) in [4.78, 5) is 15.3. The standard InChI is InChI=1S/C15H27N5O/c1-5-10-16-13-17-14(19-15(18-13)21-4)20(3)12-8-6-11(2)7-9-12/h11-12H,5-10H2,1-4H3,(H,16,17,18,19). The lowest BCUT2D eigenvalue weighted by molar-refractivity contribution is 0.337. The van der Waals surface area contributed by atoms with Gasteiger partial charge in [0.15, 0.2) is 0 Å². The van der Waals surface area contributed by atoms with E-state index in [1.165, 1.54) is 25.7 Å².